The maximum atomic E-state index is 11.7. The summed E-state index contributed by atoms with van der Waals surface area (Å²) in [4.78, 5) is 36.4. The molecular formula is C12H16N2O5. The molecule has 0 aliphatic rings. The van der Waals surface area contributed by atoms with Gasteiger partial charge < -0.3 is 20.1 Å². The van der Waals surface area contributed by atoms with Gasteiger partial charge in [0.05, 0.1) is 12.5 Å². The number of carboxylic acid groups (broad SMARTS) is 1. The molecule has 104 valence electrons. The zero-order chi connectivity index (χ0) is 14.3. The van der Waals surface area contributed by atoms with Crippen molar-refractivity contribution in [1.82, 2.24) is 10.3 Å². The first-order valence-electron chi connectivity index (χ1n) is 5.83. The van der Waals surface area contributed by atoms with Gasteiger partial charge in [0.15, 0.2) is 5.43 Å². The SMILES string of the molecule is CCOC(CNC(=O)c1c[nH]ccc1=O)CC(=O)O. The lowest BCUT2D eigenvalue weighted by atomic mass is 10.2. The number of rotatable bonds is 7. The molecule has 0 aromatic carbocycles. The van der Waals surface area contributed by atoms with Gasteiger partial charge in [0.25, 0.3) is 5.91 Å². The predicted molar refractivity (Wildman–Crippen MR) is 67.1 cm³/mol. The summed E-state index contributed by atoms with van der Waals surface area (Å²) >= 11 is 0. The highest BCUT2D eigenvalue weighted by atomic mass is 16.5. The second-order valence-electron chi connectivity index (χ2n) is 3.81. The Morgan fingerprint density at radius 1 is 1.53 bits per heavy atom. The van der Waals surface area contributed by atoms with Crippen LogP contribution in [0, 0.1) is 0 Å². The van der Waals surface area contributed by atoms with Crippen LogP contribution in [-0.4, -0.2) is 41.2 Å². The lowest BCUT2D eigenvalue weighted by Crippen LogP contribution is -2.36. The number of ether oxygens (including phenoxy) is 1. The van der Waals surface area contributed by atoms with Crippen molar-refractivity contribution in [1.29, 1.82) is 0 Å². The molecule has 7 heteroatoms. The molecule has 0 bridgehead atoms. The smallest absolute Gasteiger partial charge is 0.306 e. The third-order valence-corrected chi connectivity index (χ3v) is 2.36. The minimum atomic E-state index is -1.01. The van der Waals surface area contributed by atoms with Crippen LogP contribution in [0.3, 0.4) is 0 Å². The normalized spacial score (nSPS) is 11.8. The van der Waals surface area contributed by atoms with Crippen LogP contribution in [0.15, 0.2) is 23.3 Å². The largest absolute Gasteiger partial charge is 0.481 e. The Bertz CT molecular complexity index is 497. The van der Waals surface area contributed by atoms with E-state index in [9.17, 15) is 14.4 Å². The molecule has 1 aromatic rings. The summed E-state index contributed by atoms with van der Waals surface area (Å²) in [5.41, 5.74) is -0.421. The zero-order valence-corrected chi connectivity index (χ0v) is 10.5. The molecule has 0 radical (unpaired) electrons. The van der Waals surface area contributed by atoms with Crippen molar-refractivity contribution in [3.8, 4) is 0 Å². The molecule has 0 spiro atoms. The van der Waals surface area contributed by atoms with Crippen LogP contribution in [0.2, 0.25) is 0 Å². The Morgan fingerprint density at radius 3 is 2.84 bits per heavy atom. The van der Waals surface area contributed by atoms with Crippen LogP contribution < -0.4 is 10.7 Å². The van der Waals surface area contributed by atoms with Crippen LogP contribution in [-0.2, 0) is 9.53 Å². The van der Waals surface area contributed by atoms with E-state index in [2.05, 4.69) is 10.3 Å². The van der Waals surface area contributed by atoms with Crippen LogP contribution in [0.4, 0.5) is 0 Å². The monoisotopic (exact) mass is 268 g/mol. The van der Waals surface area contributed by atoms with Gasteiger partial charge in [-0.25, -0.2) is 0 Å². The van der Waals surface area contributed by atoms with Crippen LogP contribution in [0.5, 0.6) is 0 Å². The number of nitrogens with one attached hydrogen (secondary N) is 2. The van der Waals surface area contributed by atoms with Crippen molar-refractivity contribution in [2.24, 2.45) is 0 Å². The van der Waals surface area contributed by atoms with Gasteiger partial charge in [-0.1, -0.05) is 0 Å². The van der Waals surface area contributed by atoms with Crippen molar-refractivity contribution in [2.45, 2.75) is 19.4 Å². The fourth-order valence-corrected chi connectivity index (χ4v) is 1.52. The van der Waals surface area contributed by atoms with E-state index in [4.69, 9.17) is 9.84 Å². The van der Waals surface area contributed by atoms with Crippen LogP contribution in [0.1, 0.15) is 23.7 Å². The molecule has 1 heterocycles. The molecular weight excluding hydrogens is 252 g/mol. The molecule has 0 saturated carbocycles. The number of carbonyl (C=O) groups excluding carboxylic acids is 1. The first-order valence-corrected chi connectivity index (χ1v) is 5.83. The van der Waals surface area contributed by atoms with Crippen LogP contribution >= 0.6 is 0 Å². The third kappa shape index (κ3) is 4.92. The quantitative estimate of drug-likeness (QED) is 0.644. The van der Waals surface area contributed by atoms with Gasteiger partial charge in [-0.15, -0.1) is 0 Å². The minimum absolute atomic E-state index is 0.0203. The molecule has 7 nitrogen and oxygen atoms in total. The summed E-state index contributed by atoms with van der Waals surface area (Å²) < 4.78 is 5.19. The number of amides is 1. The molecule has 0 aliphatic heterocycles. The van der Waals surface area contributed by atoms with Gasteiger partial charge in [-0.05, 0) is 6.92 Å². The summed E-state index contributed by atoms with van der Waals surface area (Å²) in [7, 11) is 0. The molecule has 1 rings (SSSR count). The van der Waals surface area contributed by atoms with E-state index in [1.807, 2.05) is 0 Å². The lowest BCUT2D eigenvalue weighted by molar-refractivity contribution is -0.140. The molecule has 0 aliphatic carbocycles. The standard InChI is InChI=1S/C12H16N2O5/c1-2-19-8(5-11(16)17)6-14-12(18)9-7-13-4-3-10(9)15/h3-4,7-8H,2,5-6H2,1H3,(H,13,15)(H,14,18)(H,16,17). The summed E-state index contributed by atoms with van der Waals surface area (Å²) in [5, 5.41) is 11.2. The molecule has 1 atom stereocenters. The van der Waals surface area contributed by atoms with E-state index in [1.54, 1.807) is 6.92 Å². The third-order valence-electron chi connectivity index (χ3n) is 2.36. The van der Waals surface area contributed by atoms with Gasteiger partial charge in [-0.3, -0.25) is 14.4 Å². The van der Waals surface area contributed by atoms with Crippen molar-refractivity contribution >= 4 is 11.9 Å². The van der Waals surface area contributed by atoms with E-state index in [0.717, 1.165) is 0 Å². The van der Waals surface area contributed by atoms with Gasteiger partial charge >= 0.3 is 5.97 Å². The van der Waals surface area contributed by atoms with Gasteiger partial charge in [0, 0.05) is 31.6 Å². The summed E-state index contributed by atoms with van der Waals surface area (Å²) in [6.07, 6.45) is 1.89. The Morgan fingerprint density at radius 2 is 2.26 bits per heavy atom. The number of carbonyl (C=O) groups is 2. The number of pyridine rings is 1. The molecule has 0 fully saturated rings. The van der Waals surface area contributed by atoms with Crippen molar-refractivity contribution in [3.05, 3.63) is 34.2 Å². The summed E-state index contributed by atoms with van der Waals surface area (Å²) in [5.74, 6) is -1.57. The molecule has 19 heavy (non-hydrogen) atoms. The maximum absolute atomic E-state index is 11.7. The van der Waals surface area contributed by atoms with Crippen molar-refractivity contribution in [2.75, 3.05) is 13.2 Å². The van der Waals surface area contributed by atoms with E-state index in [1.165, 1.54) is 18.5 Å². The Labute approximate surface area is 109 Å². The van der Waals surface area contributed by atoms with Gasteiger partial charge in [0.2, 0.25) is 0 Å². The van der Waals surface area contributed by atoms with Crippen LogP contribution in [0.25, 0.3) is 0 Å². The fraction of sp³-hybridized carbons (Fsp3) is 0.417. The van der Waals surface area contributed by atoms with E-state index in [0.29, 0.717) is 6.61 Å². The van der Waals surface area contributed by atoms with E-state index < -0.39 is 23.4 Å². The Balaban J connectivity index is 2.59. The zero-order valence-electron chi connectivity index (χ0n) is 10.5. The number of aliphatic carboxylic acids is 1. The highest BCUT2D eigenvalue weighted by Gasteiger charge is 2.16. The lowest BCUT2D eigenvalue weighted by Gasteiger charge is -2.15. The number of hydrogen-bond acceptors (Lipinski definition) is 4. The number of carboxylic acids is 1. The molecule has 0 saturated heterocycles. The predicted octanol–water partition coefficient (Wildman–Crippen LogP) is -0.0155. The average Bonchev–Trinajstić information content (AvgIpc) is 2.36. The molecule has 3 N–H and O–H groups in total. The maximum Gasteiger partial charge on any atom is 0.306 e. The summed E-state index contributed by atoms with van der Waals surface area (Å²) in [6, 6.07) is 1.24. The van der Waals surface area contributed by atoms with E-state index >= 15 is 0 Å². The number of aromatic amines is 1. The second kappa shape index (κ2) is 7.32. The molecule has 1 amide bonds. The fourth-order valence-electron chi connectivity index (χ4n) is 1.52. The first kappa shape index (κ1) is 14.9. The Kier molecular flexibility index (Phi) is 5.74. The highest BCUT2D eigenvalue weighted by molar-refractivity contribution is 5.93. The van der Waals surface area contributed by atoms with E-state index in [-0.39, 0.29) is 18.5 Å². The summed E-state index contributed by atoms with van der Waals surface area (Å²) in [6.45, 7) is 2.12. The molecule has 1 aromatic heterocycles. The molecule has 1 unspecified atom stereocenters. The van der Waals surface area contributed by atoms with Crippen molar-refractivity contribution < 1.29 is 19.4 Å². The number of aromatic nitrogens is 1. The first-order chi connectivity index (χ1) is 9.04. The average molecular weight is 268 g/mol. The topological polar surface area (TPSA) is 108 Å². The Hall–Kier alpha value is -2.15. The van der Waals surface area contributed by atoms with Gasteiger partial charge in [-0.2, -0.15) is 0 Å². The van der Waals surface area contributed by atoms with Gasteiger partial charge in [0.1, 0.15) is 5.56 Å². The number of H-pyrrole nitrogens is 1. The second-order valence-corrected chi connectivity index (χ2v) is 3.81. The highest BCUT2D eigenvalue weighted by Crippen LogP contribution is 1.98. The number of hydrogen-bond donors (Lipinski definition) is 3. The van der Waals surface area contributed by atoms with Crippen molar-refractivity contribution in [3.63, 3.8) is 0 Å². The minimum Gasteiger partial charge on any atom is -0.481 e.